The van der Waals surface area contributed by atoms with Crippen LogP contribution in [-0.2, 0) is 0 Å². The fourth-order valence-corrected chi connectivity index (χ4v) is 3.11. The summed E-state index contributed by atoms with van der Waals surface area (Å²) >= 11 is 0. The van der Waals surface area contributed by atoms with Crippen LogP contribution in [0.25, 0.3) is 5.69 Å². The minimum atomic E-state index is -0.369. The topological polar surface area (TPSA) is 110 Å². The van der Waals surface area contributed by atoms with Crippen molar-refractivity contribution in [2.24, 2.45) is 10.4 Å². The molecule has 0 fully saturated rings. The summed E-state index contributed by atoms with van der Waals surface area (Å²) in [6.07, 6.45) is 0. The predicted octanol–water partition coefficient (Wildman–Crippen LogP) is 5.18. The highest BCUT2D eigenvalue weighted by Crippen LogP contribution is 2.49. The molecule has 0 aliphatic carbocycles. The Kier molecular flexibility index (Phi) is 6.39. The van der Waals surface area contributed by atoms with Gasteiger partial charge in [-0.1, -0.05) is 45.0 Å². The summed E-state index contributed by atoms with van der Waals surface area (Å²) in [5, 5.41) is 35.9. The first-order valence-electron chi connectivity index (χ1n) is 10.5. The number of hydrogen-bond donors (Lipinski definition) is 4. The number of hydrogen-bond acceptors (Lipinski definition) is 6. The summed E-state index contributed by atoms with van der Waals surface area (Å²) in [5.74, 6) is -1.19. The number of phenolic OH excluding ortho intramolecular Hbond substituents is 1. The van der Waals surface area contributed by atoms with E-state index in [1.165, 1.54) is 15.5 Å². The number of amides is 1. The zero-order valence-corrected chi connectivity index (χ0v) is 19.7. The molecule has 0 spiro atoms. The van der Waals surface area contributed by atoms with Gasteiger partial charge in [0.1, 0.15) is 5.69 Å². The first-order chi connectivity index (χ1) is 15.4. The summed E-state index contributed by atoms with van der Waals surface area (Å²) < 4.78 is 1.27. The molecule has 3 rings (SSSR count). The Bertz CT molecular complexity index is 1210. The van der Waals surface area contributed by atoms with Crippen molar-refractivity contribution in [3.05, 3.63) is 54.1 Å². The van der Waals surface area contributed by atoms with Gasteiger partial charge in [-0.3, -0.25) is 4.79 Å². The normalized spacial score (nSPS) is 12.0. The van der Waals surface area contributed by atoms with Crippen LogP contribution in [0.15, 0.2) is 53.5 Å². The second-order valence-electron chi connectivity index (χ2n) is 9.02. The van der Waals surface area contributed by atoms with Crippen LogP contribution in [0.4, 0.5) is 17.1 Å². The molecule has 4 N–H and O–H groups in total. The lowest BCUT2D eigenvalue weighted by molar-refractivity contribution is 0.0824. The monoisotopic (exact) mass is 450 g/mol. The number of rotatable bonds is 5. The number of aromatic hydroxyl groups is 3. The van der Waals surface area contributed by atoms with Gasteiger partial charge >= 0.3 is 0 Å². The van der Waals surface area contributed by atoms with Gasteiger partial charge < -0.3 is 25.5 Å². The standard InChI is InChI=1S/C25H30N4O4/c1-15(25(2,3)4)26-19-20(24(33)29(23(19)32)16-11-8-7-9-12-16)27-18-14-10-13-17(21(18)30)22(31)28(5)6/h7-14,27,30,32-33H,1-6H3. The first-order valence-corrected chi connectivity index (χ1v) is 10.5. The lowest BCUT2D eigenvalue weighted by atomic mass is 9.91. The third-order valence-electron chi connectivity index (χ3n) is 5.41. The molecule has 33 heavy (non-hydrogen) atoms. The van der Waals surface area contributed by atoms with Gasteiger partial charge in [0.05, 0.1) is 16.9 Å². The summed E-state index contributed by atoms with van der Waals surface area (Å²) in [7, 11) is 3.18. The maximum atomic E-state index is 12.4. The van der Waals surface area contributed by atoms with Crippen molar-refractivity contribution in [2.45, 2.75) is 27.7 Å². The van der Waals surface area contributed by atoms with Crippen molar-refractivity contribution in [3.8, 4) is 23.2 Å². The predicted molar refractivity (Wildman–Crippen MR) is 131 cm³/mol. The molecule has 0 bridgehead atoms. The van der Waals surface area contributed by atoms with Crippen LogP contribution in [0.5, 0.6) is 17.5 Å². The van der Waals surface area contributed by atoms with Crippen LogP contribution in [0.2, 0.25) is 0 Å². The third kappa shape index (κ3) is 4.64. The molecule has 0 saturated carbocycles. The minimum Gasteiger partial charge on any atom is -0.505 e. The molecular weight excluding hydrogens is 420 g/mol. The van der Waals surface area contributed by atoms with E-state index in [9.17, 15) is 20.1 Å². The van der Waals surface area contributed by atoms with E-state index < -0.39 is 0 Å². The average molecular weight is 451 g/mol. The molecular formula is C25H30N4O4. The fourth-order valence-electron chi connectivity index (χ4n) is 3.11. The number of phenols is 1. The third-order valence-corrected chi connectivity index (χ3v) is 5.41. The number of nitrogens with zero attached hydrogens (tertiary/aromatic N) is 3. The molecule has 8 heteroatoms. The largest absolute Gasteiger partial charge is 0.505 e. The van der Waals surface area contributed by atoms with Gasteiger partial charge in [-0.2, -0.15) is 0 Å². The molecule has 3 aromatic rings. The Balaban J connectivity index is 2.22. The number of aromatic nitrogens is 1. The number of aliphatic imine (C=N–C) groups is 1. The van der Waals surface area contributed by atoms with E-state index >= 15 is 0 Å². The second kappa shape index (κ2) is 8.90. The Morgan fingerprint density at radius 1 is 0.970 bits per heavy atom. The fraction of sp³-hybridized carbons (Fsp3) is 0.280. The van der Waals surface area contributed by atoms with Gasteiger partial charge in [-0.15, -0.1) is 0 Å². The van der Waals surface area contributed by atoms with Crippen LogP contribution < -0.4 is 5.32 Å². The summed E-state index contributed by atoms with van der Waals surface area (Å²) in [5.41, 5.74) is 1.49. The Morgan fingerprint density at radius 2 is 1.61 bits per heavy atom. The highest BCUT2D eigenvalue weighted by atomic mass is 16.3. The molecule has 0 atom stereocenters. The maximum Gasteiger partial charge on any atom is 0.257 e. The number of benzene rings is 2. The van der Waals surface area contributed by atoms with Crippen molar-refractivity contribution in [2.75, 3.05) is 19.4 Å². The van der Waals surface area contributed by atoms with Crippen LogP contribution in [-0.4, -0.2) is 50.5 Å². The number of carbonyl (C=O) groups excluding carboxylic acids is 1. The van der Waals surface area contributed by atoms with E-state index in [1.807, 2.05) is 33.8 Å². The van der Waals surface area contributed by atoms with Crippen molar-refractivity contribution in [1.29, 1.82) is 0 Å². The van der Waals surface area contributed by atoms with Gasteiger partial charge in [0.15, 0.2) is 11.4 Å². The molecule has 1 heterocycles. The summed E-state index contributed by atoms with van der Waals surface area (Å²) in [6, 6.07) is 13.6. The van der Waals surface area contributed by atoms with Crippen molar-refractivity contribution < 1.29 is 20.1 Å². The molecule has 2 aromatic carbocycles. The van der Waals surface area contributed by atoms with Gasteiger partial charge in [-0.05, 0) is 36.6 Å². The minimum absolute atomic E-state index is 0.102. The van der Waals surface area contributed by atoms with E-state index in [0.29, 0.717) is 5.69 Å². The number of para-hydroxylation sites is 2. The van der Waals surface area contributed by atoms with E-state index in [-0.39, 0.29) is 51.5 Å². The first kappa shape index (κ1) is 23.7. The van der Waals surface area contributed by atoms with E-state index in [0.717, 1.165) is 5.71 Å². The van der Waals surface area contributed by atoms with Gasteiger partial charge in [0, 0.05) is 19.8 Å². The molecule has 0 radical (unpaired) electrons. The lowest BCUT2D eigenvalue weighted by Gasteiger charge is -2.18. The Morgan fingerprint density at radius 3 is 2.18 bits per heavy atom. The highest BCUT2D eigenvalue weighted by Gasteiger charge is 2.27. The van der Waals surface area contributed by atoms with E-state index in [4.69, 9.17) is 0 Å². The average Bonchev–Trinajstić information content (AvgIpc) is 2.98. The van der Waals surface area contributed by atoms with Crippen molar-refractivity contribution in [1.82, 2.24) is 9.47 Å². The van der Waals surface area contributed by atoms with Gasteiger partial charge in [0.25, 0.3) is 5.91 Å². The molecule has 0 aliphatic heterocycles. The summed E-state index contributed by atoms with van der Waals surface area (Å²) in [4.78, 5) is 18.4. The molecule has 174 valence electrons. The number of carbonyl (C=O) groups is 1. The van der Waals surface area contributed by atoms with Gasteiger partial charge in [0.2, 0.25) is 11.8 Å². The second-order valence-corrected chi connectivity index (χ2v) is 9.02. The zero-order valence-electron chi connectivity index (χ0n) is 19.7. The van der Waals surface area contributed by atoms with E-state index in [2.05, 4.69) is 10.3 Å². The van der Waals surface area contributed by atoms with Crippen LogP contribution in [0.3, 0.4) is 0 Å². The number of anilines is 2. The van der Waals surface area contributed by atoms with Crippen LogP contribution in [0, 0.1) is 5.41 Å². The molecule has 1 amide bonds. The molecule has 1 aromatic heterocycles. The molecule has 0 aliphatic rings. The van der Waals surface area contributed by atoms with E-state index in [1.54, 1.807) is 50.5 Å². The molecule has 0 unspecified atom stereocenters. The van der Waals surface area contributed by atoms with Gasteiger partial charge in [-0.25, -0.2) is 9.56 Å². The zero-order chi connectivity index (χ0) is 24.5. The SMILES string of the molecule is CC(=Nc1c(Nc2cccc(C(=O)N(C)C)c2O)c(O)n(-c2ccccc2)c1O)C(C)(C)C. The quantitative estimate of drug-likeness (QED) is 0.316. The van der Waals surface area contributed by atoms with Crippen molar-refractivity contribution >= 4 is 28.7 Å². The summed E-state index contributed by atoms with van der Waals surface area (Å²) in [6.45, 7) is 7.82. The highest BCUT2D eigenvalue weighted by molar-refractivity contribution is 5.99. The van der Waals surface area contributed by atoms with Crippen molar-refractivity contribution in [3.63, 3.8) is 0 Å². The van der Waals surface area contributed by atoms with Crippen LogP contribution in [0.1, 0.15) is 38.1 Å². The number of nitrogens with one attached hydrogen (secondary N) is 1. The Hall–Kier alpha value is -3.94. The lowest BCUT2D eigenvalue weighted by Crippen LogP contribution is -2.21. The molecule has 0 saturated heterocycles. The maximum absolute atomic E-state index is 12.4. The Labute approximate surface area is 193 Å². The van der Waals surface area contributed by atoms with Crippen LogP contribution >= 0.6 is 0 Å². The smallest absolute Gasteiger partial charge is 0.257 e. The molecule has 8 nitrogen and oxygen atoms in total.